The van der Waals surface area contributed by atoms with Crippen LogP contribution in [0.15, 0.2) is 0 Å². The Morgan fingerprint density at radius 2 is 1.90 bits per heavy atom. The molecular formula is C16H26O4. The molecule has 0 amide bonds. The van der Waals surface area contributed by atoms with Crippen molar-refractivity contribution in [2.75, 3.05) is 0 Å². The molecule has 0 aromatic rings. The lowest BCUT2D eigenvalue weighted by Crippen LogP contribution is -2.55. The molecule has 0 aromatic carbocycles. The lowest BCUT2D eigenvalue weighted by atomic mass is 9.69. The van der Waals surface area contributed by atoms with E-state index in [1.165, 1.54) is 0 Å². The number of carbonyl (C=O) groups excluding carboxylic acids is 1. The summed E-state index contributed by atoms with van der Waals surface area (Å²) in [4.78, 5) is 23.8. The van der Waals surface area contributed by atoms with Crippen LogP contribution in [0, 0.1) is 17.8 Å². The molecule has 0 N–H and O–H groups in total. The van der Waals surface area contributed by atoms with Crippen molar-refractivity contribution in [1.82, 2.24) is 0 Å². The number of hydrogen-bond acceptors (Lipinski definition) is 4. The predicted octanol–water partition coefficient (Wildman–Crippen LogP) is 3.24. The summed E-state index contributed by atoms with van der Waals surface area (Å²) in [6, 6.07) is 0. The quantitative estimate of drug-likeness (QED) is 0.586. The van der Waals surface area contributed by atoms with E-state index >= 15 is 0 Å². The van der Waals surface area contributed by atoms with Crippen molar-refractivity contribution in [3.05, 3.63) is 0 Å². The second kappa shape index (κ2) is 4.70. The van der Waals surface area contributed by atoms with Crippen LogP contribution in [0.5, 0.6) is 0 Å². The molecule has 2 saturated heterocycles. The molecule has 1 saturated carbocycles. The van der Waals surface area contributed by atoms with Gasteiger partial charge in [0.25, 0.3) is 0 Å². The average molecular weight is 282 g/mol. The predicted molar refractivity (Wildman–Crippen MR) is 73.8 cm³/mol. The van der Waals surface area contributed by atoms with Crippen LogP contribution in [0.1, 0.15) is 59.8 Å². The molecule has 3 aliphatic rings. The molecule has 3 rings (SSSR count). The van der Waals surface area contributed by atoms with Crippen LogP contribution in [0.3, 0.4) is 0 Å². The Labute approximate surface area is 121 Å². The molecule has 20 heavy (non-hydrogen) atoms. The first-order valence-corrected chi connectivity index (χ1v) is 8.16. The molecule has 2 aliphatic heterocycles. The summed E-state index contributed by atoms with van der Waals surface area (Å²) in [7, 11) is 0. The maximum absolute atomic E-state index is 12.5. The lowest BCUT2D eigenvalue weighted by Gasteiger charge is -2.43. The molecule has 114 valence electrons. The van der Waals surface area contributed by atoms with E-state index in [1.54, 1.807) is 0 Å². The van der Waals surface area contributed by atoms with Crippen LogP contribution in [-0.4, -0.2) is 23.3 Å². The number of rotatable bonds is 4. The summed E-state index contributed by atoms with van der Waals surface area (Å²) in [5, 5.41) is 0. The Balaban J connectivity index is 2.08. The van der Waals surface area contributed by atoms with Gasteiger partial charge in [-0.15, -0.1) is 0 Å². The van der Waals surface area contributed by atoms with Crippen molar-refractivity contribution in [2.24, 2.45) is 17.8 Å². The third kappa shape index (κ3) is 1.52. The molecular weight excluding hydrogens is 256 g/mol. The minimum absolute atomic E-state index is 0.0903. The molecule has 0 spiro atoms. The second-order valence-corrected chi connectivity index (χ2v) is 6.60. The normalized spacial score (nSPS) is 50.1. The molecule has 0 unspecified atom stereocenters. The fourth-order valence-electron chi connectivity index (χ4n) is 5.00. The van der Waals surface area contributed by atoms with E-state index in [-0.39, 0.29) is 23.6 Å². The molecule has 3 fully saturated rings. The summed E-state index contributed by atoms with van der Waals surface area (Å²) in [6.07, 6.45) is 4.59. The zero-order valence-electron chi connectivity index (χ0n) is 13.0. The number of ether oxygens (including phenoxy) is 1. The van der Waals surface area contributed by atoms with Crippen molar-refractivity contribution in [2.45, 2.75) is 77.1 Å². The Morgan fingerprint density at radius 3 is 2.45 bits per heavy atom. The molecule has 4 heteroatoms. The Hall–Kier alpha value is -0.610. The maximum Gasteiger partial charge on any atom is 0.342 e. The molecule has 0 aromatic heterocycles. The zero-order valence-corrected chi connectivity index (χ0v) is 13.0. The third-order valence-corrected chi connectivity index (χ3v) is 6.05. The summed E-state index contributed by atoms with van der Waals surface area (Å²) >= 11 is 0. The monoisotopic (exact) mass is 282 g/mol. The number of carbonyl (C=O) groups is 1. The molecule has 2 heterocycles. The van der Waals surface area contributed by atoms with Gasteiger partial charge < -0.3 is 4.74 Å². The van der Waals surface area contributed by atoms with Gasteiger partial charge in [-0.2, -0.15) is 0 Å². The lowest BCUT2D eigenvalue weighted by molar-refractivity contribution is -0.423. The zero-order chi connectivity index (χ0) is 14.5. The van der Waals surface area contributed by atoms with Crippen LogP contribution in [0.25, 0.3) is 0 Å². The van der Waals surface area contributed by atoms with E-state index in [1.807, 2.05) is 6.92 Å². The first kappa shape index (κ1) is 14.3. The van der Waals surface area contributed by atoms with Crippen LogP contribution in [-0.2, 0) is 19.3 Å². The largest absolute Gasteiger partial charge is 0.456 e. The fourth-order valence-corrected chi connectivity index (χ4v) is 5.00. The van der Waals surface area contributed by atoms with E-state index in [0.717, 1.165) is 25.7 Å². The average Bonchev–Trinajstić information content (AvgIpc) is 2.94. The van der Waals surface area contributed by atoms with Gasteiger partial charge in [0.05, 0.1) is 6.10 Å². The topological polar surface area (TPSA) is 44.8 Å². The minimum atomic E-state index is -0.865. The summed E-state index contributed by atoms with van der Waals surface area (Å²) in [5.74, 6) is 0.889. The molecule has 0 bridgehead atoms. The van der Waals surface area contributed by atoms with Gasteiger partial charge in [0.2, 0.25) is 5.60 Å². The van der Waals surface area contributed by atoms with Gasteiger partial charge in [0.15, 0.2) is 0 Å². The molecule has 4 nitrogen and oxygen atoms in total. The highest BCUT2D eigenvalue weighted by Gasteiger charge is 2.74. The van der Waals surface area contributed by atoms with Crippen LogP contribution < -0.4 is 0 Å². The summed E-state index contributed by atoms with van der Waals surface area (Å²) in [5.41, 5.74) is -1.19. The van der Waals surface area contributed by atoms with Gasteiger partial charge in [-0.3, -0.25) is 0 Å². The summed E-state index contributed by atoms with van der Waals surface area (Å²) in [6.45, 7) is 8.49. The molecule has 1 aliphatic carbocycles. The fraction of sp³-hybridized carbons (Fsp3) is 0.938. The van der Waals surface area contributed by atoms with Crippen molar-refractivity contribution < 1.29 is 19.3 Å². The second-order valence-electron chi connectivity index (χ2n) is 6.60. The van der Waals surface area contributed by atoms with Gasteiger partial charge in [-0.05, 0) is 31.6 Å². The van der Waals surface area contributed by atoms with Gasteiger partial charge in [0, 0.05) is 11.8 Å². The van der Waals surface area contributed by atoms with Crippen molar-refractivity contribution in [3.8, 4) is 0 Å². The first-order valence-electron chi connectivity index (χ1n) is 8.16. The van der Waals surface area contributed by atoms with Crippen LogP contribution in [0.4, 0.5) is 0 Å². The highest BCUT2D eigenvalue weighted by atomic mass is 17.2. The minimum Gasteiger partial charge on any atom is -0.456 e. The molecule has 6 atom stereocenters. The smallest absolute Gasteiger partial charge is 0.342 e. The van der Waals surface area contributed by atoms with Gasteiger partial charge in [0.1, 0.15) is 5.60 Å². The third-order valence-electron chi connectivity index (χ3n) is 6.05. The Kier molecular flexibility index (Phi) is 3.37. The van der Waals surface area contributed by atoms with Gasteiger partial charge in [-0.1, -0.05) is 34.1 Å². The maximum atomic E-state index is 12.5. The Morgan fingerprint density at radius 1 is 1.15 bits per heavy atom. The highest BCUT2D eigenvalue weighted by molar-refractivity contribution is 5.83. The van der Waals surface area contributed by atoms with Crippen molar-refractivity contribution in [3.63, 3.8) is 0 Å². The van der Waals surface area contributed by atoms with E-state index in [2.05, 4.69) is 20.8 Å². The SMILES string of the molecule is CC[C@@H]1C[C@@]2(CC)OC(=O)[C@@]3(CC)OO[C@H](CC)[C@@H]1[C@@H]23. The van der Waals surface area contributed by atoms with Crippen molar-refractivity contribution >= 4 is 5.97 Å². The summed E-state index contributed by atoms with van der Waals surface area (Å²) < 4.78 is 5.91. The Bertz CT molecular complexity index is 409. The number of esters is 1. The van der Waals surface area contributed by atoms with E-state index in [4.69, 9.17) is 14.5 Å². The van der Waals surface area contributed by atoms with Gasteiger partial charge in [-0.25, -0.2) is 14.6 Å². The van der Waals surface area contributed by atoms with Gasteiger partial charge >= 0.3 is 5.97 Å². The highest BCUT2D eigenvalue weighted by Crippen LogP contribution is 2.63. The van der Waals surface area contributed by atoms with E-state index in [9.17, 15) is 4.79 Å². The van der Waals surface area contributed by atoms with Crippen LogP contribution >= 0.6 is 0 Å². The van der Waals surface area contributed by atoms with Crippen molar-refractivity contribution in [1.29, 1.82) is 0 Å². The van der Waals surface area contributed by atoms with Crippen LogP contribution in [0.2, 0.25) is 0 Å². The standard InChI is InChI=1S/C16H26O4/c1-5-10-9-15(7-3)13-12(10)11(6-2)19-20-16(13,8-4)14(17)18-15/h10-13H,5-9H2,1-4H3/t10-,11-,12-,13+,15-,16+/m1/s1. The first-order chi connectivity index (χ1) is 9.58. The molecule has 0 radical (unpaired) electrons. The van der Waals surface area contributed by atoms with E-state index in [0.29, 0.717) is 18.3 Å². The van der Waals surface area contributed by atoms with E-state index < -0.39 is 5.60 Å². The number of hydrogen-bond donors (Lipinski definition) is 0.